The Morgan fingerprint density at radius 3 is 2.39 bits per heavy atom. The maximum atomic E-state index is 11.6. The molecule has 4 nitrogen and oxygen atoms in total. The van der Waals surface area contributed by atoms with Gasteiger partial charge in [0.15, 0.2) is 5.11 Å². The van der Waals surface area contributed by atoms with Crippen molar-refractivity contribution in [1.29, 1.82) is 0 Å². The number of carbonyl (C=O) groups excluding carboxylic acids is 1. The van der Waals surface area contributed by atoms with E-state index < -0.39 is 0 Å². The van der Waals surface area contributed by atoms with Crippen molar-refractivity contribution in [3.05, 3.63) is 65.7 Å². The third kappa shape index (κ3) is 5.07. The summed E-state index contributed by atoms with van der Waals surface area (Å²) in [5.74, 6) is -0.322. The first-order valence-electron chi connectivity index (χ1n) is 7.49. The van der Waals surface area contributed by atoms with Gasteiger partial charge in [0, 0.05) is 5.69 Å². The highest BCUT2D eigenvalue weighted by Gasteiger charge is 2.08. The van der Waals surface area contributed by atoms with E-state index >= 15 is 0 Å². The third-order valence-electron chi connectivity index (χ3n) is 3.30. The van der Waals surface area contributed by atoms with E-state index in [-0.39, 0.29) is 12.0 Å². The van der Waals surface area contributed by atoms with Gasteiger partial charge in [0.05, 0.1) is 18.2 Å². The van der Waals surface area contributed by atoms with Crippen molar-refractivity contribution < 1.29 is 9.53 Å². The van der Waals surface area contributed by atoms with Gasteiger partial charge in [-0.2, -0.15) is 0 Å². The lowest BCUT2D eigenvalue weighted by molar-refractivity contribution is 0.0526. The summed E-state index contributed by atoms with van der Waals surface area (Å²) in [6.07, 6.45) is 0. The van der Waals surface area contributed by atoms with Gasteiger partial charge in [-0.1, -0.05) is 30.3 Å². The van der Waals surface area contributed by atoms with Gasteiger partial charge in [-0.3, -0.25) is 0 Å². The standard InChI is InChI=1S/C18H20N2O2S/c1-3-22-17(21)15-9-11-16(12-10-15)20-18(23)19-13(2)14-7-5-4-6-8-14/h4-13H,3H2,1-2H3,(H2,19,20,23). The van der Waals surface area contributed by atoms with Crippen molar-refractivity contribution in [2.24, 2.45) is 0 Å². The summed E-state index contributed by atoms with van der Waals surface area (Å²) in [5, 5.41) is 6.87. The Bertz CT molecular complexity index is 656. The first-order chi connectivity index (χ1) is 11.1. The molecule has 0 amide bonds. The first-order valence-corrected chi connectivity index (χ1v) is 7.90. The van der Waals surface area contributed by atoms with Crippen LogP contribution in [0.2, 0.25) is 0 Å². The van der Waals surface area contributed by atoms with Crippen molar-refractivity contribution in [3.8, 4) is 0 Å². The zero-order chi connectivity index (χ0) is 16.7. The van der Waals surface area contributed by atoms with Crippen molar-refractivity contribution in [1.82, 2.24) is 5.32 Å². The second-order valence-electron chi connectivity index (χ2n) is 5.03. The molecule has 0 fully saturated rings. The van der Waals surface area contributed by atoms with Gasteiger partial charge >= 0.3 is 5.97 Å². The average molecular weight is 328 g/mol. The number of hydrogen-bond donors (Lipinski definition) is 2. The molecule has 23 heavy (non-hydrogen) atoms. The summed E-state index contributed by atoms with van der Waals surface area (Å²) in [4.78, 5) is 11.6. The first kappa shape index (κ1) is 17.0. The van der Waals surface area contributed by atoms with Gasteiger partial charge in [0.1, 0.15) is 0 Å². The monoisotopic (exact) mass is 328 g/mol. The van der Waals surface area contributed by atoms with Gasteiger partial charge < -0.3 is 15.4 Å². The Hall–Kier alpha value is -2.40. The maximum absolute atomic E-state index is 11.6. The number of hydrogen-bond acceptors (Lipinski definition) is 3. The fourth-order valence-electron chi connectivity index (χ4n) is 2.09. The number of anilines is 1. The van der Waals surface area contributed by atoms with Gasteiger partial charge in [-0.05, 0) is 55.9 Å². The lowest BCUT2D eigenvalue weighted by Crippen LogP contribution is -2.30. The minimum absolute atomic E-state index is 0.106. The summed E-state index contributed by atoms with van der Waals surface area (Å²) in [6.45, 7) is 4.20. The normalized spacial score (nSPS) is 11.4. The van der Waals surface area contributed by atoms with Crippen LogP contribution in [-0.2, 0) is 4.74 Å². The number of esters is 1. The summed E-state index contributed by atoms with van der Waals surface area (Å²) < 4.78 is 4.95. The Morgan fingerprint density at radius 1 is 1.13 bits per heavy atom. The molecule has 0 bridgehead atoms. The molecular weight excluding hydrogens is 308 g/mol. The molecule has 2 aromatic carbocycles. The van der Waals surface area contributed by atoms with Crippen LogP contribution in [0.3, 0.4) is 0 Å². The fraction of sp³-hybridized carbons (Fsp3) is 0.222. The van der Waals surface area contributed by atoms with E-state index in [1.54, 1.807) is 31.2 Å². The van der Waals surface area contributed by atoms with E-state index in [2.05, 4.69) is 22.8 Å². The molecular formula is C18H20N2O2S. The number of nitrogens with one attached hydrogen (secondary N) is 2. The molecule has 1 atom stereocenters. The quantitative estimate of drug-likeness (QED) is 0.644. The van der Waals surface area contributed by atoms with Crippen LogP contribution in [0.15, 0.2) is 54.6 Å². The lowest BCUT2D eigenvalue weighted by Gasteiger charge is -2.17. The second-order valence-corrected chi connectivity index (χ2v) is 5.44. The van der Waals surface area contributed by atoms with Crippen molar-refractivity contribution in [3.63, 3.8) is 0 Å². The van der Waals surface area contributed by atoms with Crippen molar-refractivity contribution in [2.75, 3.05) is 11.9 Å². The van der Waals surface area contributed by atoms with Crippen LogP contribution in [0.25, 0.3) is 0 Å². The molecule has 0 saturated carbocycles. The van der Waals surface area contributed by atoms with Gasteiger partial charge in [0.25, 0.3) is 0 Å². The van der Waals surface area contributed by atoms with Crippen LogP contribution in [0.5, 0.6) is 0 Å². The predicted octanol–water partition coefficient (Wildman–Crippen LogP) is 3.91. The van der Waals surface area contributed by atoms with E-state index in [9.17, 15) is 4.79 Å². The van der Waals surface area contributed by atoms with Crippen LogP contribution in [-0.4, -0.2) is 17.7 Å². The minimum Gasteiger partial charge on any atom is -0.462 e. The van der Waals surface area contributed by atoms with Crippen LogP contribution in [0.1, 0.15) is 35.8 Å². The predicted molar refractivity (Wildman–Crippen MR) is 96.6 cm³/mol. The van der Waals surface area contributed by atoms with E-state index in [1.807, 2.05) is 25.1 Å². The summed E-state index contributed by atoms with van der Waals surface area (Å²) in [5.41, 5.74) is 2.50. The Balaban J connectivity index is 1.91. The Kier molecular flexibility index (Phi) is 6.11. The summed E-state index contributed by atoms with van der Waals surface area (Å²) in [6, 6.07) is 17.2. The molecule has 0 saturated heterocycles. The molecule has 0 aliphatic heterocycles. The topological polar surface area (TPSA) is 50.4 Å². The Labute approximate surface area is 141 Å². The molecule has 2 aromatic rings. The number of rotatable bonds is 5. The molecule has 2 rings (SSSR count). The van der Waals surface area contributed by atoms with E-state index in [4.69, 9.17) is 17.0 Å². The van der Waals surface area contributed by atoms with Crippen LogP contribution in [0, 0.1) is 0 Å². The highest BCUT2D eigenvalue weighted by Crippen LogP contribution is 2.13. The molecule has 0 heterocycles. The van der Waals surface area contributed by atoms with Crippen LogP contribution in [0.4, 0.5) is 5.69 Å². The largest absolute Gasteiger partial charge is 0.462 e. The molecule has 5 heteroatoms. The third-order valence-corrected chi connectivity index (χ3v) is 3.52. The van der Waals surface area contributed by atoms with Crippen LogP contribution < -0.4 is 10.6 Å². The number of thiocarbonyl (C=S) groups is 1. The molecule has 120 valence electrons. The second kappa shape index (κ2) is 8.29. The van der Waals surface area contributed by atoms with Gasteiger partial charge in [-0.25, -0.2) is 4.79 Å². The molecule has 2 N–H and O–H groups in total. The molecule has 1 unspecified atom stereocenters. The summed E-state index contributed by atoms with van der Waals surface area (Å²) >= 11 is 5.32. The van der Waals surface area contributed by atoms with E-state index in [0.29, 0.717) is 17.3 Å². The molecule has 0 aliphatic rings. The molecule has 0 radical (unpaired) electrons. The lowest BCUT2D eigenvalue weighted by atomic mass is 10.1. The highest BCUT2D eigenvalue weighted by atomic mass is 32.1. The average Bonchev–Trinajstić information content (AvgIpc) is 2.56. The fourth-order valence-corrected chi connectivity index (χ4v) is 2.39. The molecule has 0 aromatic heterocycles. The summed E-state index contributed by atoms with van der Waals surface area (Å²) in [7, 11) is 0. The van der Waals surface area contributed by atoms with E-state index in [1.165, 1.54) is 0 Å². The minimum atomic E-state index is -0.322. The molecule has 0 spiro atoms. The maximum Gasteiger partial charge on any atom is 0.338 e. The Morgan fingerprint density at radius 2 is 1.78 bits per heavy atom. The SMILES string of the molecule is CCOC(=O)c1ccc(NC(=S)NC(C)c2ccccc2)cc1. The van der Waals surface area contributed by atoms with Gasteiger partial charge in [-0.15, -0.1) is 0 Å². The number of benzene rings is 2. The van der Waals surface area contributed by atoms with Crippen molar-refractivity contribution in [2.45, 2.75) is 19.9 Å². The zero-order valence-electron chi connectivity index (χ0n) is 13.2. The zero-order valence-corrected chi connectivity index (χ0v) is 14.0. The van der Waals surface area contributed by atoms with Crippen molar-refractivity contribution >= 4 is 29.0 Å². The number of ether oxygens (including phenoxy) is 1. The van der Waals surface area contributed by atoms with Crippen LogP contribution >= 0.6 is 12.2 Å². The molecule has 0 aliphatic carbocycles. The highest BCUT2D eigenvalue weighted by molar-refractivity contribution is 7.80. The smallest absolute Gasteiger partial charge is 0.338 e. The van der Waals surface area contributed by atoms with Gasteiger partial charge in [0.2, 0.25) is 0 Å². The number of carbonyl (C=O) groups is 1. The van der Waals surface area contributed by atoms with E-state index in [0.717, 1.165) is 11.3 Å².